The number of hydrogen-bond acceptors (Lipinski definition) is 10. The van der Waals surface area contributed by atoms with Crippen molar-refractivity contribution in [2.75, 3.05) is 24.3 Å². The number of hydrogen-bond donors (Lipinski definition) is 4. The van der Waals surface area contributed by atoms with Crippen LogP contribution in [0.2, 0.25) is 0 Å². The van der Waals surface area contributed by atoms with E-state index in [0.717, 1.165) is 6.07 Å². The molecule has 0 radical (unpaired) electrons. The van der Waals surface area contributed by atoms with Crippen LogP contribution >= 0.6 is 0 Å². The van der Waals surface area contributed by atoms with Crippen molar-refractivity contribution < 1.29 is 33.0 Å². The lowest BCUT2D eigenvalue weighted by molar-refractivity contribution is -0.0629. The van der Waals surface area contributed by atoms with Gasteiger partial charge >= 0.3 is 0 Å². The zero-order chi connectivity index (χ0) is 26.3. The van der Waals surface area contributed by atoms with E-state index in [0.29, 0.717) is 30.0 Å². The fraction of sp³-hybridized carbons (Fsp3) is 0.565. The normalized spacial score (nSPS) is 28.1. The van der Waals surface area contributed by atoms with Crippen molar-refractivity contribution in [3.8, 4) is 0 Å². The van der Waals surface area contributed by atoms with Crippen molar-refractivity contribution in [2.45, 2.75) is 67.7 Å². The molecule has 7 atom stereocenters. The number of aromatic nitrogens is 5. The zero-order valence-electron chi connectivity index (χ0n) is 20.0. The van der Waals surface area contributed by atoms with Crippen molar-refractivity contribution in [1.29, 1.82) is 0 Å². The van der Waals surface area contributed by atoms with E-state index in [9.17, 15) is 23.2 Å². The molecule has 0 spiro atoms. The zero-order valence-corrected chi connectivity index (χ0v) is 20.8. The third-order valence-electron chi connectivity index (χ3n) is 6.72. The summed E-state index contributed by atoms with van der Waals surface area (Å²) >= 11 is 0. The molecule has 0 amide bonds. The van der Waals surface area contributed by atoms with Crippen LogP contribution in [0.4, 0.5) is 14.6 Å². The van der Waals surface area contributed by atoms with Crippen LogP contribution in [-0.2, 0) is 15.5 Å². The van der Waals surface area contributed by atoms with Gasteiger partial charge in [-0.25, -0.2) is 18.4 Å². The lowest BCUT2D eigenvalue weighted by Crippen LogP contribution is -2.33. The van der Waals surface area contributed by atoms with Gasteiger partial charge in [0.05, 0.1) is 36.2 Å². The van der Waals surface area contributed by atoms with Gasteiger partial charge in [-0.1, -0.05) is 18.2 Å². The summed E-state index contributed by atoms with van der Waals surface area (Å²) < 4.78 is 46.7. The molecule has 0 unspecified atom stereocenters. The molecule has 11 nitrogen and oxygen atoms in total. The van der Waals surface area contributed by atoms with E-state index in [-0.39, 0.29) is 47.9 Å². The van der Waals surface area contributed by atoms with Gasteiger partial charge < -0.3 is 25.4 Å². The average molecular weight is 539 g/mol. The summed E-state index contributed by atoms with van der Waals surface area (Å²) in [7, 11) is -1.50. The Labute approximate surface area is 213 Å². The molecule has 0 bridgehead atoms. The predicted octanol–water partition coefficient (Wildman–Crippen LogP) is 1.03. The number of nitrogens with one attached hydrogen (secondary N) is 1. The first kappa shape index (κ1) is 26.0. The van der Waals surface area contributed by atoms with E-state index in [4.69, 9.17) is 9.84 Å². The van der Waals surface area contributed by atoms with E-state index < -0.39 is 46.8 Å². The summed E-state index contributed by atoms with van der Waals surface area (Å²) in [4.78, 5) is 8.91. The molecule has 2 aliphatic carbocycles. The molecule has 1 aromatic carbocycles. The molecule has 2 saturated carbocycles. The Hall–Kier alpha value is -2.65. The highest BCUT2D eigenvalue weighted by Crippen LogP contribution is 2.44. The first-order valence-electron chi connectivity index (χ1n) is 12.1. The second kappa shape index (κ2) is 10.6. The molecule has 3 aromatic rings. The molecule has 2 aromatic heterocycles. The largest absolute Gasteiger partial charge is 0.394 e. The van der Waals surface area contributed by atoms with Crippen LogP contribution in [0.5, 0.6) is 0 Å². The number of nitrogens with zero attached hydrogens (tertiary/aromatic N) is 5. The second-order valence-corrected chi connectivity index (χ2v) is 10.8. The topological polar surface area (TPSA) is 156 Å². The number of aliphatic hydroxyl groups is 3. The highest BCUT2D eigenvalue weighted by Gasteiger charge is 2.45. The number of rotatable bonds is 10. The molecule has 2 fully saturated rings. The third-order valence-corrected chi connectivity index (χ3v) is 8.09. The summed E-state index contributed by atoms with van der Waals surface area (Å²) in [6.07, 6.45) is -1.66. The van der Waals surface area contributed by atoms with Gasteiger partial charge in [0.15, 0.2) is 28.6 Å². The lowest BCUT2D eigenvalue weighted by Gasteiger charge is -2.17. The van der Waals surface area contributed by atoms with Crippen LogP contribution in [0, 0.1) is 11.6 Å². The number of ether oxygens (including phenoxy) is 1. The van der Waals surface area contributed by atoms with Gasteiger partial charge in [0.25, 0.3) is 0 Å². The minimum absolute atomic E-state index is 0.0101. The van der Waals surface area contributed by atoms with Crippen molar-refractivity contribution >= 4 is 27.8 Å². The minimum Gasteiger partial charge on any atom is -0.394 e. The van der Waals surface area contributed by atoms with E-state index in [2.05, 4.69) is 25.6 Å². The van der Waals surface area contributed by atoms with E-state index in [1.165, 1.54) is 10.7 Å². The predicted molar refractivity (Wildman–Crippen MR) is 128 cm³/mol. The summed E-state index contributed by atoms with van der Waals surface area (Å²) in [6.45, 7) is 1.68. The van der Waals surface area contributed by atoms with Crippen molar-refractivity contribution in [1.82, 2.24) is 25.0 Å². The Balaban J connectivity index is 1.46. The fourth-order valence-electron chi connectivity index (χ4n) is 4.73. The molecule has 5 rings (SSSR count). The van der Waals surface area contributed by atoms with E-state index in [1.54, 1.807) is 6.07 Å². The van der Waals surface area contributed by atoms with Crippen LogP contribution in [-0.4, -0.2) is 87.8 Å². The van der Waals surface area contributed by atoms with Gasteiger partial charge in [0.2, 0.25) is 5.16 Å². The molecule has 0 saturated heterocycles. The molecule has 14 heteroatoms. The van der Waals surface area contributed by atoms with E-state index >= 15 is 0 Å². The summed E-state index contributed by atoms with van der Waals surface area (Å²) in [5.74, 6) is -1.25. The Morgan fingerprint density at radius 1 is 1.19 bits per heavy atom. The minimum atomic E-state index is -1.50. The Morgan fingerprint density at radius 2 is 2.00 bits per heavy atom. The van der Waals surface area contributed by atoms with E-state index in [1.807, 2.05) is 6.92 Å². The molecule has 200 valence electrons. The highest BCUT2D eigenvalue weighted by molar-refractivity contribution is 7.84. The van der Waals surface area contributed by atoms with Gasteiger partial charge in [-0.3, -0.25) is 4.21 Å². The lowest BCUT2D eigenvalue weighted by atomic mass is 10.1. The maximum atomic E-state index is 13.7. The number of fused-ring (bicyclic) bond motifs is 1. The molecular weight excluding hydrogens is 510 g/mol. The quantitative estimate of drug-likeness (QED) is 0.275. The molecular formula is C23H28F2N6O5S. The monoisotopic (exact) mass is 538 g/mol. The molecule has 37 heavy (non-hydrogen) atoms. The molecule has 0 aliphatic heterocycles. The van der Waals surface area contributed by atoms with Gasteiger partial charge in [-0.2, -0.15) is 4.98 Å². The fourth-order valence-corrected chi connectivity index (χ4v) is 5.67. The smallest absolute Gasteiger partial charge is 0.222 e. The Morgan fingerprint density at radius 3 is 2.73 bits per heavy atom. The number of halogens is 2. The Kier molecular flexibility index (Phi) is 7.45. The standard InChI is InChI=1S/C23H28F2N6O5S/c1-2-7-37(35)23-27-21(26-15-9-12(15)11-3-4-13(24)14(25)8-11)18-22(28-23)31(30-29-18)16-10-17(36-6-5-32)20(34)19(16)33/h3-4,8,12,15-17,19-20,32-34H,2,5-7,9-10H2,1H3,(H,26,27,28)/t12-,15+,16+,17-,19-,20+,37+/m0/s1. The first-order chi connectivity index (χ1) is 17.8. The number of anilines is 1. The van der Waals surface area contributed by atoms with Gasteiger partial charge in [-0.15, -0.1) is 5.10 Å². The second-order valence-electron chi connectivity index (χ2n) is 9.29. The maximum absolute atomic E-state index is 13.7. The van der Waals surface area contributed by atoms with Crippen molar-refractivity contribution in [3.63, 3.8) is 0 Å². The summed E-state index contributed by atoms with van der Waals surface area (Å²) in [5, 5.41) is 41.9. The van der Waals surface area contributed by atoms with Gasteiger partial charge in [0.1, 0.15) is 12.2 Å². The maximum Gasteiger partial charge on any atom is 0.222 e. The average Bonchev–Trinajstić information content (AvgIpc) is 3.42. The number of benzene rings is 1. The SMILES string of the molecule is CCC[S@@](=O)c1nc(N[C@@H]2C[C@H]2c2ccc(F)c(F)c2)c2nnn([C@@H]3C[C@H](OCCO)[C@@H](O)[C@H]3O)c2n1. The molecule has 2 heterocycles. The van der Waals surface area contributed by atoms with Crippen LogP contribution in [0.3, 0.4) is 0 Å². The van der Waals surface area contributed by atoms with Crippen LogP contribution < -0.4 is 5.32 Å². The van der Waals surface area contributed by atoms with Crippen molar-refractivity contribution in [3.05, 3.63) is 35.4 Å². The van der Waals surface area contributed by atoms with Gasteiger partial charge in [0, 0.05) is 24.1 Å². The highest BCUT2D eigenvalue weighted by atomic mass is 32.2. The molecule has 4 N–H and O–H groups in total. The van der Waals surface area contributed by atoms with Crippen molar-refractivity contribution in [2.24, 2.45) is 0 Å². The Bertz CT molecular complexity index is 1310. The van der Waals surface area contributed by atoms with Crippen LogP contribution in [0.25, 0.3) is 11.2 Å². The number of aliphatic hydroxyl groups excluding tert-OH is 3. The molecule has 2 aliphatic rings. The first-order valence-corrected chi connectivity index (χ1v) is 13.5. The van der Waals surface area contributed by atoms with Gasteiger partial charge in [-0.05, 0) is 30.5 Å². The summed E-state index contributed by atoms with van der Waals surface area (Å²) in [6, 6.07) is 2.95. The third kappa shape index (κ3) is 5.08. The summed E-state index contributed by atoms with van der Waals surface area (Å²) in [5.41, 5.74) is 1.17. The van der Waals surface area contributed by atoms with Crippen LogP contribution in [0.1, 0.15) is 43.7 Å². The van der Waals surface area contributed by atoms with Crippen LogP contribution in [0.15, 0.2) is 23.4 Å².